The number of rotatable bonds is 9. The minimum atomic E-state index is -0.476. The summed E-state index contributed by atoms with van der Waals surface area (Å²) in [7, 11) is 0. The molecule has 2 amide bonds. The molecule has 0 radical (unpaired) electrons. The highest BCUT2D eigenvalue weighted by Gasteiger charge is 2.28. The number of Topliss-reactive ketones (excluding diaryl/α,β-unsaturated/α-hetero) is 1. The molecule has 0 aromatic heterocycles. The Bertz CT molecular complexity index is 956. The van der Waals surface area contributed by atoms with Gasteiger partial charge in [0.15, 0.2) is 6.61 Å². The molecule has 0 aliphatic heterocycles. The zero-order valence-corrected chi connectivity index (χ0v) is 18.2. The van der Waals surface area contributed by atoms with Crippen LogP contribution in [0.25, 0.3) is 0 Å². The van der Waals surface area contributed by atoms with Crippen LogP contribution < -0.4 is 10.6 Å². The van der Waals surface area contributed by atoms with Crippen LogP contribution in [-0.4, -0.2) is 30.2 Å². The molecule has 2 aromatic rings. The van der Waals surface area contributed by atoms with Gasteiger partial charge in [0.05, 0.1) is 11.6 Å². The Balaban J connectivity index is 2.19. The normalized spacial score (nSPS) is 12.4. The molecule has 2 N–H and O–H groups in total. The lowest BCUT2D eigenvalue weighted by atomic mass is 9.85. The SMILES string of the molecule is CC[C@H](C)[C@H](C(=O)OCC(=O)c1ccc(NC(C)=O)cc1NC(C)=O)c1ccccc1. The molecule has 0 heterocycles. The zero-order valence-electron chi connectivity index (χ0n) is 18.2. The molecular formula is C24H28N2O5. The van der Waals surface area contributed by atoms with Gasteiger partial charge < -0.3 is 15.4 Å². The van der Waals surface area contributed by atoms with Crippen LogP contribution in [-0.2, 0) is 19.1 Å². The number of ether oxygens (including phenoxy) is 1. The van der Waals surface area contributed by atoms with Crippen molar-refractivity contribution < 1.29 is 23.9 Å². The molecule has 0 saturated heterocycles. The van der Waals surface area contributed by atoms with E-state index < -0.39 is 24.3 Å². The van der Waals surface area contributed by atoms with E-state index in [1.807, 2.05) is 44.2 Å². The average Bonchev–Trinajstić information content (AvgIpc) is 2.72. The topological polar surface area (TPSA) is 102 Å². The molecule has 0 aliphatic carbocycles. The van der Waals surface area contributed by atoms with Crippen LogP contribution in [0.4, 0.5) is 11.4 Å². The van der Waals surface area contributed by atoms with Gasteiger partial charge in [0.1, 0.15) is 0 Å². The first-order valence-electron chi connectivity index (χ1n) is 10.2. The molecule has 0 aliphatic rings. The molecule has 2 rings (SSSR count). The number of ketones is 1. The van der Waals surface area contributed by atoms with Gasteiger partial charge in [0.25, 0.3) is 0 Å². The molecular weight excluding hydrogens is 396 g/mol. The summed E-state index contributed by atoms with van der Waals surface area (Å²) in [4.78, 5) is 48.4. The molecule has 2 aromatic carbocycles. The van der Waals surface area contributed by atoms with Crippen molar-refractivity contribution in [1.29, 1.82) is 0 Å². The fraction of sp³-hybridized carbons (Fsp3) is 0.333. The number of hydrogen-bond acceptors (Lipinski definition) is 5. The standard InChI is InChI=1S/C24H28N2O5/c1-5-15(2)23(18-9-7-6-8-10-18)24(30)31-14-22(29)20-12-11-19(25-16(3)27)13-21(20)26-17(4)28/h6-13,15,23H,5,14H2,1-4H3,(H,25,27)(H,26,28)/t15-,23-/m0/s1. The predicted molar refractivity (Wildman–Crippen MR) is 119 cm³/mol. The third-order valence-electron chi connectivity index (χ3n) is 4.92. The van der Waals surface area contributed by atoms with E-state index in [0.717, 1.165) is 12.0 Å². The van der Waals surface area contributed by atoms with Crippen LogP contribution in [0.2, 0.25) is 0 Å². The number of esters is 1. The van der Waals surface area contributed by atoms with Gasteiger partial charge in [-0.05, 0) is 29.7 Å². The summed E-state index contributed by atoms with van der Waals surface area (Å²) in [5, 5.41) is 5.18. The number of anilines is 2. The van der Waals surface area contributed by atoms with Crippen molar-refractivity contribution in [2.75, 3.05) is 17.2 Å². The molecule has 0 saturated carbocycles. The number of carbonyl (C=O) groups excluding carboxylic acids is 4. The Morgan fingerprint density at radius 2 is 1.58 bits per heavy atom. The van der Waals surface area contributed by atoms with Crippen molar-refractivity contribution in [3.8, 4) is 0 Å². The summed E-state index contributed by atoms with van der Waals surface area (Å²) >= 11 is 0. The lowest BCUT2D eigenvalue weighted by Gasteiger charge is -2.22. The van der Waals surface area contributed by atoms with Crippen molar-refractivity contribution in [3.05, 3.63) is 59.7 Å². The molecule has 0 spiro atoms. The van der Waals surface area contributed by atoms with Crippen molar-refractivity contribution in [3.63, 3.8) is 0 Å². The van der Waals surface area contributed by atoms with Crippen molar-refractivity contribution >= 4 is 34.9 Å². The highest BCUT2D eigenvalue weighted by atomic mass is 16.5. The van der Waals surface area contributed by atoms with Gasteiger partial charge in [0.2, 0.25) is 17.6 Å². The Hall–Kier alpha value is -3.48. The molecule has 164 valence electrons. The van der Waals surface area contributed by atoms with Crippen molar-refractivity contribution in [2.24, 2.45) is 5.92 Å². The van der Waals surface area contributed by atoms with Gasteiger partial charge in [0, 0.05) is 25.1 Å². The lowest BCUT2D eigenvalue weighted by molar-refractivity contribution is -0.145. The summed E-state index contributed by atoms with van der Waals surface area (Å²) in [5.74, 6) is -2.01. The molecule has 0 bridgehead atoms. The van der Waals surface area contributed by atoms with E-state index in [0.29, 0.717) is 5.69 Å². The average molecular weight is 424 g/mol. The highest BCUT2D eigenvalue weighted by molar-refractivity contribution is 6.06. The first-order valence-corrected chi connectivity index (χ1v) is 10.2. The number of benzene rings is 2. The van der Waals surface area contributed by atoms with Gasteiger partial charge in [-0.1, -0.05) is 50.6 Å². The van der Waals surface area contributed by atoms with Gasteiger partial charge in [-0.15, -0.1) is 0 Å². The third kappa shape index (κ3) is 6.77. The monoisotopic (exact) mass is 424 g/mol. The summed E-state index contributed by atoms with van der Waals surface area (Å²) in [5.41, 5.74) is 1.71. The van der Waals surface area contributed by atoms with E-state index in [9.17, 15) is 19.2 Å². The van der Waals surface area contributed by atoms with Crippen LogP contribution in [0, 0.1) is 5.92 Å². The maximum absolute atomic E-state index is 12.8. The fourth-order valence-corrected chi connectivity index (χ4v) is 3.26. The van der Waals surface area contributed by atoms with Crippen molar-refractivity contribution in [2.45, 2.75) is 40.0 Å². The second kappa shape index (κ2) is 11.1. The fourth-order valence-electron chi connectivity index (χ4n) is 3.26. The molecule has 7 heteroatoms. The van der Waals surface area contributed by atoms with Crippen LogP contribution in [0.3, 0.4) is 0 Å². The van der Waals surface area contributed by atoms with Gasteiger partial charge in [-0.2, -0.15) is 0 Å². The van der Waals surface area contributed by atoms with Gasteiger partial charge in [-0.25, -0.2) is 0 Å². The summed E-state index contributed by atoms with van der Waals surface area (Å²) < 4.78 is 5.38. The van der Waals surface area contributed by atoms with Gasteiger partial charge in [-0.3, -0.25) is 19.2 Å². The van der Waals surface area contributed by atoms with Crippen LogP contribution in [0.1, 0.15) is 56.0 Å². The first-order chi connectivity index (χ1) is 14.7. The quantitative estimate of drug-likeness (QED) is 0.465. The highest BCUT2D eigenvalue weighted by Crippen LogP contribution is 2.28. The smallest absolute Gasteiger partial charge is 0.314 e. The van der Waals surface area contributed by atoms with E-state index >= 15 is 0 Å². The van der Waals surface area contributed by atoms with E-state index in [2.05, 4.69) is 10.6 Å². The first kappa shape index (κ1) is 23.8. The number of carbonyl (C=O) groups is 4. The largest absolute Gasteiger partial charge is 0.457 e. The summed E-state index contributed by atoms with van der Waals surface area (Å²) in [6.07, 6.45) is 0.778. The van der Waals surface area contributed by atoms with Crippen LogP contribution in [0.15, 0.2) is 48.5 Å². The molecule has 0 unspecified atom stereocenters. The number of amides is 2. The molecule has 2 atom stereocenters. The van der Waals surface area contributed by atoms with Crippen LogP contribution in [0.5, 0.6) is 0 Å². The number of nitrogens with one attached hydrogen (secondary N) is 2. The van der Waals surface area contributed by atoms with E-state index in [4.69, 9.17) is 4.74 Å². The minimum Gasteiger partial charge on any atom is -0.457 e. The van der Waals surface area contributed by atoms with Crippen LogP contribution >= 0.6 is 0 Å². The minimum absolute atomic E-state index is 0.0388. The van der Waals surface area contributed by atoms with E-state index in [1.54, 1.807) is 6.07 Å². The van der Waals surface area contributed by atoms with E-state index in [-0.39, 0.29) is 29.0 Å². The molecule has 0 fully saturated rings. The lowest BCUT2D eigenvalue weighted by Crippen LogP contribution is -2.25. The molecule has 7 nitrogen and oxygen atoms in total. The third-order valence-corrected chi connectivity index (χ3v) is 4.92. The Morgan fingerprint density at radius 1 is 0.935 bits per heavy atom. The Kier molecular flexibility index (Phi) is 8.49. The second-order valence-corrected chi connectivity index (χ2v) is 7.43. The summed E-state index contributed by atoms with van der Waals surface area (Å²) in [6.45, 7) is 6.18. The zero-order chi connectivity index (χ0) is 23.0. The number of hydrogen-bond donors (Lipinski definition) is 2. The van der Waals surface area contributed by atoms with Gasteiger partial charge >= 0.3 is 5.97 Å². The summed E-state index contributed by atoms with van der Waals surface area (Å²) in [6, 6.07) is 13.9. The Morgan fingerprint density at radius 3 is 2.16 bits per heavy atom. The predicted octanol–water partition coefficient (Wildman–Crippen LogP) is 4.16. The Labute approximate surface area is 182 Å². The maximum atomic E-state index is 12.8. The van der Waals surface area contributed by atoms with Crippen molar-refractivity contribution in [1.82, 2.24) is 0 Å². The molecule has 31 heavy (non-hydrogen) atoms. The van der Waals surface area contributed by atoms with E-state index in [1.165, 1.54) is 26.0 Å². The second-order valence-electron chi connectivity index (χ2n) is 7.43. The maximum Gasteiger partial charge on any atom is 0.314 e.